The molecule has 44 heavy (non-hydrogen) atoms. The Balaban J connectivity index is 1.22. The lowest BCUT2D eigenvalue weighted by atomic mass is 9.77. The second-order valence-electron chi connectivity index (χ2n) is 11.3. The molecule has 0 aliphatic rings. The van der Waals surface area contributed by atoms with Gasteiger partial charge in [0.2, 0.25) is 0 Å². The van der Waals surface area contributed by atoms with E-state index in [9.17, 15) is 4.79 Å². The van der Waals surface area contributed by atoms with Crippen LogP contribution in [0, 0.1) is 19.3 Å². The molecule has 5 aromatic rings. The molecule has 4 nitrogen and oxygen atoms in total. The first-order valence-electron chi connectivity index (χ1n) is 14.6. The summed E-state index contributed by atoms with van der Waals surface area (Å²) in [5.74, 6) is 4.70. The number of carbonyl (C=O) groups excluding carboxylic acids is 1. The molecule has 0 aliphatic carbocycles. The third-order valence-corrected chi connectivity index (χ3v) is 8.00. The second-order valence-corrected chi connectivity index (χ2v) is 11.3. The summed E-state index contributed by atoms with van der Waals surface area (Å²) in [4.78, 5) is 12.8. The van der Waals surface area contributed by atoms with Crippen molar-refractivity contribution in [3.63, 3.8) is 0 Å². The molecule has 0 heterocycles. The molecule has 5 rings (SSSR count). The Hall–Kier alpha value is -5.11. The van der Waals surface area contributed by atoms with E-state index in [2.05, 4.69) is 57.0 Å². The highest BCUT2D eigenvalue weighted by Crippen LogP contribution is 2.34. The van der Waals surface area contributed by atoms with Crippen LogP contribution in [0.15, 0.2) is 115 Å². The van der Waals surface area contributed by atoms with Crippen molar-refractivity contribution in [1.82, 2.24) is 0 Å². The Morgan fingerprint density at radius 3 is 1.82 bits per heavy atom. The molecule has 220 valence electrons. The molecule has 0 aromatic heterocycles. The van der Waals surface area contributed by atoms with Crippen LogP contribution in [0.4, 0.5) is 0 Å². The lowest BCUT2D eigenvalue weighted by Gasteiger charge is -2.27. The van der Waals surface area contributed by atoms with Crippen molar-refractivity contribution in [1.29, 1.82) is 0 Å². The quantitative estimate of drug-likeness (QED) is 0.115. The molecule has 0 amide bonds. The maximum absolute atomic E-state index is 12.8. The minimum atomic E-state index is -0.227. The van der Waals surface area contributed by atoms with Crippen molar-refractivity contribution in [2.75, 3.05) is 7.11 Å². The van der Waals surface area contributed by atoms with E-state index in [1.165, 1.54) is 22.3 Å². The first-order chi connectivity index (χ1) is 21.3. The van der Waals surface area contributed by atoms with Crippen molar-refractivity contribution in [3.8, 4) is 29.6 Å². The molecule has 0 atom stereocenters. The average Bonchev–Trinajstić information content (AvgIpc) is 3.06. The molecule has 5 aromatic carbocycles. The van der Waals surface area contributed by atoms with Crippen LogP contribution < -0.4 is 9.47 Å². The molecule has 0 spiro atoms. The van der Waals surface area contributed by atoms with Gasteiger partial charge in [-0.15, -0.1) is 6.42 Å². The zero-order chi connectivity index (χ0) is 31.1. The predicted octanol–water partition coefficient (Wildman–Crippen LogP) is 9.05. The van der Waals surface area contributed by atoms with Gasteiger partial charge in [0, 0.05) is 22.1 Å². The maximum Gasteiger partial charge on any atom is 0.193 e. The van der Waals surface area contributed by atoms with E-state index in [0.717, 1.165) is 16.9 Å². The van der Waals surface area contributed by atoms with Gasteiger partial charge < -0.3 is 14.2 Å². The topological polar surface area (TPSA) is 44.8 Å². The van der Waals surface area contributed by atoms with Crippen LogP contribution in [0.1, 0.15) is 63.1 Å². The summed E-state index contributed by atoms with van der Waals surface area (Å²) in [5.41, 5.74) is 7.71. The molecule has 0 N–H and O–H groups in total. The van der Waals surface area contributed by atoms with E-state index < -0.39 is 0 Å². The van der Waals surface area contributed by atoms with Crippen LogP contribution in [0.5, 0.6) is 17.2 Å². The number of hydrogen-bond donors (Lipinski definition) is 0. The highest BCUT2D eigenvalue weighted by molar-refractivity contribution is 6.09. The summed E-state index contributed by atoms with van der Waals surface area (Å²) in [6.07, 6.45) is 5.46. The Kier molecular flexibility index (Phi) is 9.29. The molecule has 0 unspecified atom stereocenters. The fourth-order valence-electron chi connectivity index (χ4n) is 5.02. The fraction of sp³-hybridized carbons (Fsp3) is 0.175. The third kappa shape index (κ3) is 7.09. The van der Waals surface area contributed by atoms with Gasteiger partial charge in [-0.05, 0) is 108 Å². The van der Waals surface area contributed by atoms with Crippen LogP contribution in [0.25, 0.3) is 0 Å². The second kappa shape index (κ2) is 13.5. The molecule has 0 bridgehead atoms. The number of ether oxygens (including phenoxy) is 3. The highest BCUT2D eigenvalue weighted by Gasteiger charge is 2.24. The number of ketones is 1. The molecule has 0 saturated carbocycles. The van der Waals surface area contributed by atoms with E-state index in [0.29, 0.717) is 35.8 Å². The Morgan fingerprint density at radius 1 is 0.705 bits per heavy atom. The summed E-state index contributed by atoms with van der Waals surface area (Å²) in [6.45, 7) is 7.63. The Morgan fingerprint density at radius 2 is 1.25 bits per heavy atom. The zero-order valence-corrected chi connectivity index (χ0v) is 25.6. The molecule has 0 fully saturated rings. The Bertz CT molecular complexity index is 1760. The van der Waals surface area contributed by atoms with Crippen LogP contribution in [0.3, 0.4) is 0 Å². The maximum atomic E-state index is 12.8. The standard InChI is InChI=1S/C40H36O4/c1-6-29-8-10-30(11-9-29)26-43-27-33-25-35(16-7-28(33)2)40(3,4)34-17-23-38(24-18-34)44-37-21-14-32(15-22-37)39(41)31-12-19-36(42-5)20-13-31/h1,7-25H,26-27H2,2-5H3. The van der Waals surface area contributed by atoms with Crippen molar-refractivity contribution in [3.05, 3.63) is 160 Å². The fourth-order valence-corrected chi connectivity index (χ4v) is 5.02. The number of hydrogen-bond acceptors (Lipinski definition) is 4. The zero-order valence-electron chi connectivity index (χ0n) is 25.6. The average molecular weight is 581 g/mol. The lowest BCUT2D eigenvalue weighted by Crippen LogP contribution is -2.19. The van der Waals surface area contributed by atoms with Crippen molar-refractivity contribution in [2.45, 2.75) is 39.4 Å². The summed E-state index contributed by atoms with van der Waals surface area (Å²) >= 11 is 0. The van der Waals surface area contributed by atoms with Crippen molar-refractivity contribution < 1.29 is 19.0 Å². The summed E-state index contributed by atoms with van der Waals surface area (Å²) < 4.78 is 17.3. The first kappa shape index (κ1) is 30.4. The minimum Gasteiger partial charge on any atom is -0.497 e. The van der Waals surface area contributed by atoms with Crippen LogP contribution in [-0.4, -0.2) is 12.9 Å². The van der Waals surface area contributed by atoms with Gasteiger partial charge in [0.25, 0.3) is 0 Å². The van der Waals surface area contributed by atoms with Gasteiger partial charge in [0.1, 0.15) is 17.2 Å². The van der Waals surface area contributed by atoms with E-state index in [4.69, 9.17) is 20.6 Å². The lowest BCUT2D eigenvalue weighted by molar-refractivity contribution is 0.103. The van der Waals surface area contributed by atoms with Crippen LogP contribution in [-0.2, 0) is 23.4 Å². The third-order valence-electron chi connectivity index (χ3n) is 8.00. The predicted molar refractivity (Wildman–Crippen MR) is 176 cm³/mol. The Labute approximate surface area is 260 Å². The number of rotatable bonds is 11. The number of carbonyl (C=O) groups is 1. The molecule has 0 saturated heterocycles. The molecule has 0 radical (unpaired) electrons. The van der Waals surface area contributed by atoms with E-state index in [1.54, 1.807) is 43.5 Å². The highest BCUT2D eigenvalue weighted by atomic mass is 16.5. The van der Waals surface area contributed by atoms with Gasteiger partial charge in [-0.3, -0.25) is 4.79 Å². The van der Waals surface area contributed by atoms with Gasteiger partial charge in [-0.1, -0.05) is 62.2 Å². The van der Waals surface area contributed by atoms with Gasteiger partial charge in [0.05, 0.1) is 20.3 Å². The van der Waals surface area contributed by atoms with Crippen LogP contribution >= 0.6 is 0 Å². The van der Waals surface area contributed by atoms with Gasteiger partial charge in [-0.25, -0.2) is 0 Å². The summed E-state index contributed by atoms with van der Waals surface area (Å²) in [7, 11) is 1.60. The van der Waals surface area contributed by atoms with E-state index in [-0.39, 0.29) is 11.2 Å². The summed E-state index contributed by atoms with van der Waals surface area (Å²) in [6, 6.07) is 37.0. The normalized spacial score (nSPS) is 11.1. The molecular formula is C40H36O4. The summed E-state index contributed by atoms with van der Waals surface area (Å²) in [5, 5.41) is 0. The van der Waals surface area contributed by atoms with Gasteiger partial charge in [0.15, 0.2) is 5.78 Å². The largest absolute Gasteiger partial charge is 0.497 e. The molecule has 4 heteroatoms. The van der Waals surface area contributed by atoms with E-state index in [1.807, 2.05) is 48.5 Å². The van der Waals surface area contributed by atoms with Gasteiger partial charge >= 0.3 is 0 Å². The van der Waals surface area contributed by atoms with Crippen molar-refractivity contribution >= 4 is 5.78 Å². The van der Waals surface area contributed by atoms with Crippen molar-refractivity contribution in [2.24, 2.45) is 0 Å². The van der Waals surface area contributed by atoms with Crippen LogP contribution in [0.2, 0.25) is 0 Å². The molecular weight excluding hydrogens is 544 g/mol. The SMILES string of the molecule is C#Cc1ccc(COCc2cc(C(C)(C)c3ccc(Oc4ccc(C(=O)c5ccc(OC)cc5)cc4)cc3)ccc2C)cc1. The number of terminal acetylenes is 1. The van der Waals surface area contributed by atoms with Gasteiger partial charge in [-0.2, -0.15) is 0 Å². The monoisotopic (exact) mass is 580 g/mol. The smallest absolute Gasteiger partial charge is 0.193 e. The molecule has 0 aliphatic heterocycles. The minimum absolute atomic E-state index is 0.0491. The number of benzene rings is 5. The first-order valence-corrected chi connectivity index (χ1v) is 14.6. The van der Waals surface area contributed by atoms with E-state index >= 15 is 0 Å². The number of aryl methyl sites for hydroxylation is 1. The number of methoxy groups -OCH3 is 1.